The summed E-state index contributed by atoms with van der Waals surface area (Å²) in [7, 11) is 0. The summed E-state index contributed by atoms with van der Waals surface area (Å²) in [6.07, 6.45) is 0. The fourth-order valence-electron chi connectivity index (χ4n) is 1.20. The van der Waals surface area contributed by atoms with Crippen LogP contribution < -0.4 is 5.32 Å². The summed E-state index contributed by atoms with van der Waals surface area (Å²) in [4.78, 5) is 11.0. The van der Waals surface area contributed by atoms with Gasteiger partial charge in [0, 0.05) is 17.1 Å². The highest BCUT2D eigenvalue weighted by atomic mass is 35.5. The van der Waals surface area contributed by atoms with Crippen LogP contribution in [0.4, 0.5) is 0 Å². The number of hydrogen-bond donors (Lipinski definition) is 1. The molecule has 11 heavy (non-hydrogen) atoms. The molecule has 1 heterocycles. The maximum Gasteiger partial charge on any atom is 0.251 e. The monoisotopic (exact) mass is 167 g/mol. The van der Waals surface area contributed by atoms with E-state index < -0.39 is 0 Å². The van der Waals surface area contributed by atoms with E-state index in [1.165, 1.54) is 0 Å². The van der Waals surface area contributed by atoms with Gasteiger partial charge in [0.1, 0.15) is 0 Å². The molecule has 0 aromatic heterocycles. The van der Waals surface area contributed by atoms with Gasteiger partial charge in [-0.15, -0.1) is 0 Å². The molecule has 0 fully saturated rings. The number of carbonyl (C=O) groups is 1. The number of benzene rings is 1. The predicted octanol–water partition coefficient (Wildman–Crippen LogP) is 1.58. The van der Waals surface area contributed by atoms with E-state index in [-0.39, 0.29) is 5.91 Å². The van der Waals surface area contributed by atoms with Crippen LogP contribution in [0, 0.1) is 0 Å². The van der Waals surface area contributed by atoms with Crippen LogP contribution >= 0.6 is 11.6 Å². The molecule has 0 aliphatic carbocycles. The average Bonchev–Trinajstić information content (AvgIpc) is 2.32. The molecule has 0 spiro atoms. The van der Waals surface area contributed by atoms with E-state index in [0.29, 0.717) is 11.6 Å². The highest BCUT2D eigenvalue weighted by Gasteiger charge is 2.17. The van der Waals surface area contributed by atoms with Gasteiger partial charge < -0.3 is 5.32 Å². The molecule has 1 aromatic rings. The molecule has 2 rings (SSSR count). The lowest BCUT2D eigenvalue weighted by Crippen LogP contribution is -2.12. The van der Waals surface area contributed by atoms with Crippen molar-refractivity contribution in [3.63, 3.8) is 0 Å². The lowest BCUT2D eigenvalue weighted by molar-refractivity contribution is 0.0966. The SMILES string of the molecule is O=C1NCc2cc(Cl)ccc21. The van der Waals surface area contributed by atoms with Gasteiger partial charge in [0.15, 0.2) is 0 Å². The third-order valence-electron chi connectivity index (χ3n) is 1.75. The first-order valence-corrected chi connectivity index (χ1v) is 3.72. The molecule has 2 nitrogen and oxygen atoms in total. The maximum atomic E-state index is 11.0. The van der Waals surface area contributed by atoms with Gasteiger partial charge in [0.05, 0.1) is 0 Å². The predicted molar refractivity (Wildman–Crippen MR) is 42.6 cm³/mol. The molecule has 0 radical (unpaired) electrons. The van der Waals surface area contributed by atoms with Crippen LogP contribution in [0.1, 0.15) is 15.9 Å². The summed E-state index contributed by atoms with van der Waals surface area (Å²) in [5.41, 5.74) is 1.73. The van der Waals surface area contributed by atoms with Gasteiger partial charge in [-0.2, -0.15) is 0 Å². The number of amides is 1. The van der Waals surface area contributed by atoms with Crippen LogP contribution in [0.5, 0.6) is 0 Å². The summed E-state index contributed by atoms with van der Waals surface area (Å²) in [6.45, 7) is 0.606. The van der Waals surface area contributed by atoms with Gasteiger partial charge in [-0.1, -0.05) is 11.6 Å². The number of rotatable bonds is 0. The van der Waals surface area contributed by atoms with Gasteiger partial charge in [0.25, 0.3) is 5.91 Å². The minimum absolute atomic E-state index is 0.00309. The molecule has 0 saturated carbocycles. The first-order chi connectivity index (χ1) is 5.27. The van der Waals surface area contributed by atoms with Gasteiger partial charge >= 0.3 is 0 Å². The highest BCUT2D eigenvalue weighted by Crippen LogP contribution is 2.19. The van der Waals surface area contributed by atoms with E-state index in [2.05, 4.69) is 5.32 Å². The Morgan fingerprint density at radius 3 is 3.09 bits per heavy atom. The van der Waals surface area contributed by atoms with Crippen LogP contribution in [0.15, 0.2) is 18.2 Å². The number of hydrogen-bond acceptors (Lipinski definition) is 1. The van der Waals surface area contributed by atoms with Crippen molar-refractivity contribution in [2.45, 2.75) is 6.54 Å². The number of fused-ring (bicyclic) bond motifs is 1. The van der Waals surface area contributed by atoms with E-state index >= 15 is 0 Å². The van der Waals surface area contributed by atoms with Gasteiger partial charge in [-0.05, 0) is 23.8 Å². The first-order valence-electron chi connectivity index (χ1n) is 3.34. The molecule has 1 amide bonds. The van der Waals surface area contributed by atoms with Crippen molar-refractivity contribution < 1.29 is 4.79 Å². The fraction of sp³-hybridized carbons (Fsp3) is 0.125. The van der Waals surface area contributed by atoms with E-state index in [1.54, 1.807) is 12.1 Å². The topological polar surface area (TPSA) is 29.1 Å². The lowest BCUT2D eigenvalue weighted by Gasteiger charge is -1.93. The van der Waals surface area contributed by atoms with E-state index in [1.807, 2.05) is 6.07 Å². The second-order valence-corrected chi connectivity index (χ2v) is 2.92. The summed E-state index contributed by atoms with van der Waals surface area (Å²) in [5.74, 6) is -0.00309. The fourth-order valence-corrected chi connectivity index (χ4v) is 1.40. The molecule has 0 bridgehead atoms. The van der Waals surface area contributed by atoms with E-state index in [9.17, 15) is 4.79 Å². The zero-order valence-corrected chi connectivity index (χ0v) is 6.48. The summed E-state index contributed by atoms with van der Waals surface area (Å²) in [5, 5.41) is 3.40. The Kier molecular flexibility index (Phi) is 1.36. The van der Waals surface area contributed by atoms with Crippen LogP contribution in [-0.2, 0) is 6.54 Å². The lowest BCUT2D eigenvalue weighted by atomic mass is 10.1. The summed E-state index contributed by atoms with van der Waals surface area (Å²) < 4.78 is 0. The molecule has 56 valence electrons. The third-order valence-corrected chi connectivity index (χ3v) is 1.99. The van der Waals surface area contributed by atoms with Gasteiger partial charge in [-0.25, -0.2) is 0 Å². The zero-order chi connectivity index (χ0) is 7.84. The van der Waals surface area contributed by atoms with Crippen molar-refractivity contribution in [2.24, 2.45) is 0 Å². The first kappa shape index (κ1) is 6.68. The van der Waals surface area contributed by atoms with E-state index in [4.69, 9.17) is 11.6 Å². The van der Waals surface area contributed by atoms with E-state index in [0.717, 1.165) is 11.1 Å². The van der Waals surface area contributed by atoms with Crippen LogP contribution in [0.2, 0.25) is 5.02 Å². The standard InChI is InChI=1S/C8H6ClNO/c9-6-1-2-7-5(3-6)4-10-8(7)11/h1-3H,4H2,(H,10,11). The average molecular weight is 168 g/mol. The molecule has 1 N–H and O–H groups in total. The van der Waals surface area contributed by atoms with Crippen LogP contribution in [0.3, 0.4) is 0 Å². The zero-order valence-electron chi connectivity index (χ0n) is 5.73. The number of halogens is 1. The second kappa shape index (κ2) is 2.24. The number of carbonyl (C=O) groups excluding carboxylic acids is 1. The Hall–Kier alpha value is -1.02. The molecule has 0 unspecified atom stereocenters. The summed E-state index contributed by atoms with van der Waals surface area (Å²) in [6, 6.07) is 5.29. The Balaban J connectivity index is 2.59. The van der Waals surface area contributed by atoms with Crippen molar-refractivity contribution >= 4 is 17.5 Å². The minimum atomic E-state index is -0.00309. The molecule has 3 heteroatoms. The largest absolute Gasteiger partial charge is 0.348 e. The van der Waals surface area contributed by atoms with Crippen molar-refractivity contribution in [2.75, 3.05) is 0 Å². The Bertz CT molecular complexity index is 322. The summed E-state index contributed by atoms with van der Waals surface area (Å²) >= 11 is 5.73. The highest BCUT2D eigenvalue weighted by molar-refractivity contribution is 6.30. The minimum Gasteiger partial charge on any atom is -0.348 e. The molecular formula is C8H6ClNO. The molecular weight excluding hydrogens is 162 g/mol. The Morgan fingerprint density at radius 2 is 2.27 bits per heavy atom. The third kappa shape index (κ3) is 0.994. The van der Waals surface area contributed by atoms with Crippen molar-refractivity contribution in [1.29, 1.82) is 0 Å². The molecule has 1 aliphatic rings. The Morgan fingerprint density at radius 1 is 1.45 bits per heavy atom. The van der Waals surface area contributed by atoms with Crippen molar-refractivity contribution in [1.82, 2.24) is 5.32 Å². The molecule has 1 aromatic carbocycles. The Labute approximate surface area is 69.2 Å². The van der Waals surface area contributed by atoms with Crippen LogP contribution in [0.25, 0.3) is 0 Å². The second-order valence-electron chi connectivity index (χ2n) is 2.48. The quantitative estimate of drug-likeness (QED) is 0.625. The smallest absolute Gasteiger partial charge is 0.251 e. The number of nitrogens with one attached hydrogen (secondary N) is 1. The van der Waals surface area contributed by atoms with Crippen LogP contribution in [-0.4, -0.2) is 5.91 Å². The van der Waals surface area contributed by atoms with Gasteiger partial charge in [0.2, 0.25) is 0 Å². The van der Waals surface area contributed by atoms with Crippen molar-refractivity contribution in [3.05, 3.63) is 34.3 Å². The van der Waals surface area contributed by atoms with Gasteiger partial charge in [-0.3, -0.25) is 4.79 Å². The molecule has 1 aliphatic heterocycles. The van der Waals surface area contributed by atoms with Crippen molar-refractivity contribution in [3.8, 4) is 0 Å². The molecule has 0 saturated heterocycles. The molecule has 0 atom stereocenters. The maximum absolute atomic E-state index is 11.0. The normalized spacial score (nSPS) is 14.5.